The lowest BCUT2D eigenvalue weighted by Crippen LogP contribution is -2.47. The number of amides is 2. The number of methoxy groups -OCH3 is 2. The number of nitrogens with zero attached hydrogens (tertiary/aromatic N) is 5. The van der Waals surface area contributed by atoms with Crippen molar-refractivity contribution in [2.75, 3.05) is 51.8 Å². The molecule has 40 heavy (non-hydrogen) atoms. The van der Waals surface area contributed by atoms with Gasteiger partial charge in [-0.1, -0.05) is 37.3 Å². The molecule has 9 nitrogen and oxygen atoms in total. The van der Waals surface area contributed by atoms with Gasteiger partial charge in [-0.2, -0.15) is 0 Å². The average molecular weight is 546 g/mol. The van der Waals surface area contributed by atoms with Gasteiger partial charge >= 0.3 is 0 Å². The summed E-state index contributed by atoms with van der Waals surface area (Å²) in [6.07, 6.45) is 1.90. The molecule has 212 valence electrons. The molecule has 1 aliphatic heterocycles. The highest BCUT2D eigenvalue weighted by molar-refractivity contribution is 5.86. The summed E-state index contributed by atoms with van der Waals surface area (Å²) in [4.78, 5) is 32.3. The van der Waals surface area contributed by atoms with Crippen LogP contribution in [-0.2, 0) is 16.0 Å². The molecule has 0 saturated carbocycles. The summed E-state index contributed by atoms with van der Waals surface area (Å²) in [6, 6.07) is 19.2. The van der Waals surface area contributed by atoms with Gasteiger partial charge in [-0.25, -0.2) is 0 Å². The largest absolute Gasteiger partial charge is 0.493 e. The number of carbonyl (C=O) groups is 2. The van der Waals surface area contributed by atoms with E-state index < -0.39 is 0 Å². The summed E-state index contributed by atoms with van der Waals surface area (Å²) >= 11 is 0. The van der Waals surface area contributed by atoms with Crippen LogP contribution in [-0.4, -0.2) is 84.8 Å². The summed E-state index contributed by atoms with van der Waals surface area (Å²) in [6.45, 7) is 6.78. The minimum absolute atomic E-state index is 0.0110. The van der Waals surface area contributed by atoms with Gasteiger partial charge in [0.05, 0.1) is 32.9 Å². The summed E-state index contributed by atoms with van der Waals surface area (Å²) < 4.78 is 10.7. The second-order valence-corrected chi connectivity index (χ2v) is 10.0. The number of benzene rings is 2. The first kappa shape index (κ1) is 28.9. The number of aromatic nitrogens is 2. The lowest BCUT2D eigenvalue weighted by Gasteiger charge is -2.31. The Balaban J connectivity index is 1.37. The van der Waals surface area contributed by atoms with Crippen LogP contribution in [0, 0.1) is 0 Å². The van der Waals surface area contributed by atoms with E-state index in [1.807, 2.05) is 79.4 Å². The van der Waals surface area contributed by atoms with Gasteiger partial charge in [0, 0.05) is 37.8 Å². The molecule has 0 radical (unpaired) electrons. The summed E-state index contributed by atoms with van der Waals surface area (Å²) in [5.74, 6) is 2.04. The van der Waals surface area contributed by atoms with E-state index in [0.29, 0.717) is 37.6 Å². The molecule has 0 unspecified atom stereocenters. The molecule has 0 N–H and O–H groups in total. The fraction of sp³-hybridized carbons (Fsp3) is 0.419. The van der Waals surface area contributed by atoms with Crippen molar-refractivity contribution in [3.05, 3.63) is 66.2 Å². The van der Waals surface area contributed by atoms with E-state index in [4.69, 9.17) is 9.47 Å². The first-order valence-electron chi connectivity index (χ1n) is 13.9. The second kappa shape index (κ2) is 13.8. The summed E-state index contributed by atoms with van der Waals surface area (Å²) in [5.41, 5.74) is 2.58. The maximum atomic E-state index is 13.3. The minimum atomic E-state index is -0.0183. The Hall–Kier alpha value is -4.14. The van der Waals surface area contributed by atoms with Crippen LogP contribution in [0.3, 0.4) is 0 Å². The molecule has 3 aromatic rings. The van der Waals surface area contributed by atoms with E-state index >= 15 is 0 Å². The Morgan fingerprint density at radius 2 is 1.70 bits per heavy atom. The number of carbonyl (C=O) groups excluding carboxylic acids is 2. The predicted molar refractivity (Wildman–Crippen MR) is 156 cm³/mol. The molecule has 0 bridgehead atoms. The minimum Gasteiger partial charge on any atom is -0.493 e. The highest BCUT2D eigenvalue weighted by Gasteiger charge is 2.26. The molecular weight excluding hydrogens is 506 g/mol. The number of rotatable bonds is 10. The van der Waals surface area contributed by atoms with E-state index in [2.05, 4.69) is 15.1 Å². The molecule has 1 atom stereocenters. The fourth-order valence-corrected chi connectivity index (χ4v) is 4.87. The monoisotopic (exact) mass is 545 g/mol. The van der Waals surface area contributed by atoms with Gasteiger partial charge in [-0.15, -0.1) is 10.2 Å². The van der Waals surface area contributed by atoms with Crippen LogP contribution in [0.4, 0.5) is 5.82 Å². The molecule has 1 fully saturated rings. The molecule has 4 rings (SSSR count). The molecule has 1 aromatic heterocycles. The Bertz CT molecular complexity index is 1270. The van der Waals surface area contributed by atoms with Crippen molar-refractivity contribution in [1.82, 2.24) is 20.0 Å². The molecule has 0 spiro atoms. The third kappa shape index (κ3) is 7.08. The van der Waals surface area contributed by atoms with Gasteiger partial charge in [0.25, 0.3) is 0 Å². The van der Waals surface area contributed by atoms with Crippen LogP contribution >= 0.6 is 0 Å². The molecular formula is C31H39N5O4. The van der Waals surface area contributed by atoms with Crippen LogP contribution < -0.4 is 14.4 Å². The van der Waals surface area contributed by atoms with Crippen molar-refractivity contribution in [2.45, 2.75) is 39.2 Å². The first-order chi connectivity index (χ1) is 19.4. The summed E-state index contributed by atoms with van der Waals surface area (Å²) in [7, 11) is 3.21. The highest BCUT2D eigenvalue weighted by atomic mass is 16.5. The topological polar surface area (TPSA) is 88.1 Å². The zero-order valence-corrected chi connectivity index (χ0v) is 23.9. The summed E-state index contributed by atoms with van der Waals surface area (Å²) in [5, 5.41) is 8.93. The third-order valence-corrected chi connectivity index (χ3v) is 7.45. The van der Waals surface area contributed by atoms with Gasteiger partial charge in [0.1, 0.15) is 0 Å². The van der Waals surface area contributed by atoms with E-state index in [0.717, 1.165) is 42.0 Å². The Kier molecular flexibility index (Phi) is 9.94. The van der Waals surface area contributed by atoms with Gasteiger partial charge in [-0.3, -0.25) is 9.59 Å². The zero-order valence-electron chi connectivity index (χ0n) is 23.9. The number of ether oxygens (including phenoxy) is 2. The maximum absolute atomic E-state index is 13.3. The maximum Gasteiger partial charge on any atom is 0.242 e. The van der Waals surface area contributed by atoms with Gasteiger partial charge in [0.2, 0.25) is 11.8 Å². The Labute approximate surface area is 236 Å². The standard InChI is InChI=1S/C31H39N5O4/c1-5-23(2)36(30(37)20-24-10-7-6-8-11-24)22-31(38)35-17-9-16-34(18-19-35)29-15-13-26(32-33-29)25-12-14-27(39-3)28(21-25)40-4/h6-8,10-15,21,23H,5,9,16-20,22H2,1-4H3/t23-/m1/s1. The average Bonchev–Trinajstić information content (AvgIpc) is 3.26. The van der Waals surface area contributed by atoms with E-state index in [1.54, 1.807) is 19.1 Å². The van der Waals surface area contributed by atoms with E-state index in [-0.39, 0.29) is 24.4 Å². The highest BCUT2D eigenvalue weighted by Crippen LogP contribution is 2.31. The van der Waals surface area contributed by atoms with Crippen molar-refractivity contribution >= 4 is 17.6 Å². The quantitative estimate of drug-likeness (QED) is 0.380. The molecule has 9 heteroatoms. The van der Waals surface area contributed by atoms with Crippen molar-refractivity contribution in [1.29, 1.82) is 0 Å². The molecule has 2 aromatic carbocycles. The van der Waals surface area contributed by atoms with Crippen molar-refractivity contribution in [3.8, 4) is 22.8 Å². The van der Waals surface area contributed by atoms with Crippen LogP contribution in [0.2, 0.25) is 0 Å². The van der Waals surface area contributed by atoms with E-state index in [1.165, 1.54) is 0 Å². The lowest BCUT2D eigenvalue weighted by atomic mass is 10.1. The van der Waals surface area contributed by atoms with Crippen molar-refractivity contribution in [2.24, 2.45) is 0 Å². The molecule has 0 aliphatic carbocycles. The molecule has 2 heterocycles. The SMILES string of the molecule is CC[C@@H](C)N(CC(=O)N1CCCN(c2ccc(-c3ccc(OC)c(OC)c3)nn2)CC1)C(=O)Cc1ccccc1. The molecule has 1 saturated heterocycles. The van der Waals surface area contributed by atoms with Crippen molar-refractivity contribution in [3.63, 3.8) is 0 Å². The van der Waals surface area contributed by atoms with Crippen LogP contribution in [0.5, 0.6) is 11.5 Å². The predicted octanol–water partition coefficient (Wildman–Crippen LogP) is 4.07. The first-order valence-corrected chi connectivity index (χ1v) is 13.9. The zero-order chi connectivity index (χ0) is 28.5. The Morgan fingerprint density at radius 3 is 2.38 bits per heavy atom. The van der Waals surface area contributed by atoms with Gasteiger partial charge in [-0.05, 0) is 55.7 Å². The number of hydrogen-bond donors (Lipinski definition) is 0. The smallest absolute Gasteiger partial charge is 0.242 e. The van der Waals surface area contributed by atoms with Crippen molar-refractivity contribution < 1.29 is 19.1 Å². The van der Waals surface area contributed by atoms with Gasteiger partial charge in [0.15, 0.2) is 17.3 Å². The second-order valence-electron chi connectivity index (χ2n) is 10.0. The molecule has 2 amide bonds. The fourth-order valence-electron chi connectivity index (χ4n) is 4.87. The van der Waals surface area contributed by atoms with Crippen LogP contribution in [0.25, 0.3) is 11.3 Å². The lowest BCUT2D eigenvalue weighted by molar-refractivity contribution is -0.141. The van der Waals surface area contributed by atoms with Gasteiger partial charge < -0.3 is 24.2 Å². The Morgan fingerprint density at radius 1 is 0.925 bits per heavy atom. The van der Waals surface area contributed by atoms with Crippen LogP contribution in [0.1, 0.15) is 32.3 Å². The third-order valence-electron chi connectivity index (χ3n) is 7.45. The number of hydrogen-bond acceptors (Lipinski definition) is 7. The van der Waals surface area contributed by atoms with E-state index in [9.17, 15) is 9.59 Å². The normalized spacial score (nSPS) is 14.3. The van der Waals surface area contributed by atoms with Crippen LogP contribution in [0.15, 0.2) is 60.7 Å². The number of anilines is 1. The molecule has 1 aliphatic rings.